The first-order valence-corrected chi connectivity index (χ1v) is 4.12. The van der Waals surface area contributed by atoms with Gasteiger partial charge in [-0.1, -0.05) is 24.3 Å². The van der Waals surface area contributed by atoms with Gasteiger partial charge in [-0.15, -0.1) is 10.2 Å². The summed E-state index contributed by atoms with van der Waals surface area (Å²) in [5.41, 5.74) is 0.888. The number of aromatic nitrogens is 3. The highest BCUT2D eigenvalue weighted by molar-refractivity contribution is 5.84. The Bertz CT molecular complexity index is 519. The molecule has 0 bridgehead atoms. The quantitative estimate of drug-likeness (QED) is 0.514. The molecule has 0 atom stereocenters. The molecule has 3 rings (SSSR count). The third kappa shape index (κ3) is 0.902. The second-order valence-corrected chi connectivity index (χ2v) is 3.00. The molecule has 3 aromatic rings. The molecule has 0 amide bonds. The molecule has 0 unspecified atom stereocenters. The Morgan fingerprint density at radius 2 is 1.92 bits per heavy atom. The average molecular weight is 169 g/mol. The van der Waals surface area contributed by atoms with Crippen LogP contribution in [0.4, 0.5) is 0 Å². The van der Waals surface area contributed by atoms with Gasteiger partial charge in [-0.3, -0.25) is 4.40 Å². The fourth-order valence-corrected chi connectivity index (χ4v) is 1.50. The summed E-state index contributed by atoms with van der Waals surface area (Å²) in [7, 11) is 0. The third-order valence-corrected chi connectivity index (χ3v) is 2.16. The molecule has 0 aliphatic rings. The van der Waals surface area contributed by atoms with Crippen LogP contribution in [0, 0.1) is 0 Å². The first kappa shape index (κ1) is 6.60. The molecule has 0 aliphatic carbocycles. The summed E-state index contributed by atoms with van der Waals surface area (Å²) in [5.74, 6) is 0. The smallest absolute Gasteiger partial charge is 0.161 e. The number of hydrogen-bond donors (Lipinski definition) is 0. The predicted octanol–water partition coefficient (Wildman–Crippen LogP) is 1.88. The zero-order valence-electron chi connectivity index (χ0n) is 6.88. The van der Waals surface area contributed by atoms with E-state index in [4.69, 9.17) is 0 Å². The molecule has 0 spiro atoms. The number of rotatable bonds is 0. The van der Waals surface area contributed by atoms with Crippen LogP contribution in [-0.2, 0) is 0 Å². The SMILES string of the molecule is c1ccc2cn3cnnc3cc2c1. The number of pyridine rings is 1. The number of hydrogen-bond acceptors (Lipinski definition) is 2. The molecule has 0 saturated carbocycles. The molecular weight excluding hydrogens is 162 g/mol. The fourth-order valence-electron chi connectivity index (χ4n) is 1.50. The van der Waals surface area contributed by atoms with Crippen LogP contribution in [0.15, 0.2) is 42.9 Å². The largest absolute Gasteiger partial charge is 0.288 e. The third-order valence-electron chi connectivity index (χ3n) is 2.16. The molecule has 62 valence electrons. The molecule has 2 aromatic heterocycles. The Hall–Kier alpha value is -1.90. The maximum absolute atomic E-state index is 3.98. The van der Waals surface area contributed by atoms with E-state index < -0.39 is 0 Å². The summed E-state index contributed by atoms with van der Waals surface area (Å²) < 4.78 is 1.92. The van der Waals surface area contributed by atoms with Crippen molar-refractivity contribution in [3.05, 3.63) is 42.9 Å². The standard InChI is InChI=1S/C10H7N3/c1-2-4-9-6-13-7-11-12-10(13)5-8(9)3-1/h1-7H. The van der Waals surface area contributed by atoms with Crippen molar-refractivity contribution < 1.29 is 0 Å². The number of nitrogens with zero attached hydrogens (tertiary/aromatic N) is 3. The van der Waals surface area contributed by atoms with Gasteiger partial charge in [-0.25, -0.2) is 0 Å². The number of fused-ring (bicyclic) bond motifs is 2. The van der Waals surface area contributed by atoms with Crippen molar-refractivity contribution in [3.63, 3.8) is 0 Å². The lowest BCUT2D eigenvalue weighted by molar-refractivity contribution is 1.10. The van der Waals surface area contributed by atoms with E-state index in [-0.39, 0.29) is 0 Å². The van der Waals surface area contributed by atoms with Gasteiger partial charge in [0.15, 0.2) is 5.65 Å². The Balaban J connectivity index is 2.57. The first-order chi connectivity index (χ1) is 6.43. The van der Waals surface area contributed by atoms with Crippen molar-refractivity contribution in [2.75, 3.05) is 0 Å². The van der Waals surface area contributed by atoms with E-state index >= 15 is 0 Å². The monoisotopic (exact) mass is 169 g/mol. The molecular formula is C10H7N3. The first-order valence-electron chi connectivity index (χ1n) is 4.12. The Kier molecular flexibility index (Phi) is 1.16. The molecule has 0 N–H and O–H groups in total. The van der Waals surface area contributed by atoms with Gasteiger partial charge in [-0.05, 0) is 16.8 Å². The lowest BCUT2D eigenvalue weighted by Gasteiger charge is -1.97. The van der Waals surface area contributed by atoms with Gasteiger partial charge in [0.2, 0.25) is 0 Å². The van der Waals surface area contributed by atoms with Crippen molar-refractivity contribution in [1.29, 1.82) is 0 Å². The Morgan fingerprint density at radius 1 is 1.08 bits per heavy atom. The van der Waals surface area contributed by atoms with E-state index in [9.17, 15) is 0 Å². The second-order valence-electron chi connectivity index (χ2n) is 3.00. The summed E-state index contributed by atoms with van der Waals surface area (Å²) in [5, 5.41) is 10.2. The van der Waals surface area contributed by atoms with E-state index in [1.165, 1.54) is 10.8 Å². The minimum atomic E-state index is 0.888. The van der Waals surface area contributed by atoms with Gasteiger partial charge in [0.1, 0.15) is 6.33 Å². The van der Waals surface area contributed by atoms with Crippen molar-refractivity contribution in [1.82, 2.24) is 14.6 Å². The predicted molar refractivity (Wildman–Crippen MR) is 50.5 cm³/mol. The lowest BCUT2D eigenvalue weighted by atomic mass is 10.2. The van der Waals surface area contributed by atoms with Crippen LogP contribution in [0.5, 0.6) is 0 Å². The number of benzene rings is 1. The van der Waals surface area contributed by atoms with Gasteiger partial charge in [-0.2, -0.15) is 0 Å². The van der Waals surface area contributed by atoms with Crippen LogP contribution in [0.3, 0.4) is 0 Å². The molecule has 1 aromatic carbocycles. The summed E-state index contributed by atoms with van der Waals surface area (Å²) in [6, 6.07) is 10.2. The topological polar surface area (TPSA) is 30.2 Å². The highest BCUT2D eigenvalue weighted by atomic mass is 15.2. The average Bonchev–Trinajstić information content (AvgIpc) is 2.61. The molecule has 2 heterocycles. The van der Waals surface area contributed by atoms with Gasteiger partial charge in [0, 0.05) is 6.20 Å². The van der Waals surface area contributed by atoms with Crippen LogP contribution in [0.2, 0.25) is 0 Å². The molecule has 0 radical (unpaired) electrons. The van der Waals surface area contributed by atoms with Gasteiger partial charge >= 0.3 is 0 Å². The normalized spacial score (nSPS) is 11.1. The molecule has 3 heteroatoms. The van der Waals surface area contributed by atoms with Crippen molar-refractivity contribution >= 4 is 16.4 Å². The fraction of sp³-hybridized carbons (Fsp3) is 0. The molecule has 3 nitrogen and oxygen atoms in total. The maximum Gasteiger partial charge on any atom is 0.161 e. The van der Waals surface area contributed by atoms with Gasteiger partial charge < -0.3 is 0 Å². The summed E-state index contributed by atoms with van der Waals surface area (Å²) in [6.45, 7) is 0. The van der Waals surface area contributed by atoms with E-state index in [0.717, 1.165) is 5.65 Å². The van der Waals surface area contributed by atoms with Gasteiger partial charge in [0.25, 0.3) is 0 Å². The second kappa shape index (κ2) is 2.29. The Morgan fingerprint density at radius 3 is 2.85 bits per heavy atom. The van der Waals surface area contributed by atoms with Crippen molar-refractivity contribution in [2.24, 2.45) is 0 Å². The molecule has 0 saturated heterocycles. The van der Waals surface area contributed by atoms with Crippen LogP contribution >= 0.6 is 0 Å². The van der Waals surface area contributed by atoms with Crippen LogP contribution in [0.1, 0.15) is 0 Å². The van der Waals surface area contributed by atoms with Crippen LogP contribution in [-0.4, -0.2) is 14.6 Å². The minimum absolute atomic E-state index is 0.888. The van der Waals surface area contributed by atoms with Crippen LogP contribution in [0.25, 0.3) is 16.4 Å². The molecule has 13 heavy (non-hydrogen) atoms. The van der Waals surface area contributed by atoms with Crippen LogP contribution < -0.4 is 0 Å². The van der Waals surface area contributed by atoms with E-state index in [1.54, 1.807) is 6.33 Å². The molecule has 0 fully saturated rings. The lowest BCUT2D eigenvalue weighted by Crippen LogP contribution is -1.82. The Labute approximate surface area is 74.6 Å². The zero-order valence-corrected chi connectivity index (χ0v) is 6.88. The summed E-state index contributed by atoms with van der Waals surface area (Å²) >= 11 is 0. The van der Waals surface area contributed by atoms with Crippen molar-refractivity contribution in [3.8, 4) is 0 Å². The van der Waals surface area contributed by atoms with Crippen molar-refractivity contribution in [2.45, 2.75) is 0 Å². The van der Waals surface area contributed by atoms with E-state index in [1.807, 2.05) is 28.8 Å². The van der Waals surface area contributed by atoms with Gasteiger partial charge in [0.05, 0.1) is 0 Å². The highest BCUT2D eigenvalue weighted by Crippen LogP contribution is 2.14. The highest BCUT2D eigenvalue weighted by Gasteiger charge is 1.96. The summed E-state index contributed by atoms with van der Waals surface area (Å²) in [6.07, 6.45) is 3.74. The van der Waals surface area contributed by atoms with E-state index in [2.05, 4.69) is 22.3 Å². The maximum atomic E-state index is 3.98. The zero-order chi connectivity index (χ0) is 8.67. The minimum Gasteiger partial charge on any atom is -0.288 e. The summed E-state index contributed by atoms with van der Waals surface area (Å²) in [4.78, 5) is 0. The molecule has 0 aliphatic heterocycles. The van der Waals surface area contributed by atoms with E-state index in [0.29, 0.717) is 0 Å².